The number of nitro groups is 2. The Morgan fingerprint density at radius 2 is 1.73 bits per heavy atom. The molecular weight excluding hydrogens is 456 g/mol. The van der Waals surface area contributed by atoms with Gasteiger partial charge < -0.3 is 5.32 Å². The van der Waals surface area contributed by atoms with E-state index in [2.05, 4.69) is 31.4 Å². The molecule has 0 saturated carbocycles. The fourth-order valence-corrected chi connectivity index (χ4v) is 3.11. The average Bonchev–Trinajstić information content (AvgIpc) is 3.20. The predicted molar refractivity (Wildman–Crippen MR) is 118 cm³/mol. The van der Waals surface area contributed by atoms with Crippen molar-refractivity contribution < 1.29 is 19.4 Å². The van der Waals surface area contributed by atoms with Crippen LogP contribution >= 0.6 is 11.3 Å². The van der Waals surface area contributed by atoms with Crippen LogP contribution in [0.1, 0.15) is 10.6 Å². The zero-order chi connectivity index (χ0) is 23.8. The molecule has 0 saturated heterocycles. The summed E-state index contributed by atoms with van der Waals surface area (Å²) < 4.78 is 0. The molecule has 0 bridgehead atoms. The van der Waals surface area contributed by atoms with Gasteiger partial charge in [0.25, 0.3) is 11.4 Å². The lowest BCUT2D eigenvalue weighted by atomic mass is 10.2. The van der Waals surface area contributed by atoms with Crippen LogP contribution in [0.25, 0.3) is 0 Å². The molecule has 168 valence electrons. The standard InChI is InChI=1S/C18H14N8O6S/c27-15(22-19-10-11-2-1-3-14(8-11)26(31)32)9-16-23-24-18(33-16)21-17(28)20-12-4-6-13(7-5-12)25(29)30/h1-8,10H,9H2,(H,22,27)(H2,20,21,24,28)/b19-10-. The summed E-state index contributed by atoms with van der Waals surface area (Å²) >= 11 is 0.970. The van der Waals surface area contributed by atoms with Crippen LogP contribution in [0.4, 0.5) is 27.0 Å². The zero-order valence-corrected chi connectivity index (χ0v) is 17.3. The van der Waals surface area contributed by atoms with Crippen molar-refractivity contribution >= 4 is 51.7 Å². The first-order chi connectivity index (χ1) is 15.8. The van der Waals surface area contributed by atoms with Crippen LogP contribution in [0.2, 0.25) is 0 Å². The van der Waals surface area contributed by atoms with Gasteiger partial charge in [-0.25, -0.2) is 10.2 Å². The van der Waals surface area contributed by atoms with Gasteiger partial charge in [0, 0.05) is 35.5 Å². The van der Waals surface area contributed by atoms with Crippen LogP contribution < -0.4 is 16.1 Å². The first-order valence-electron chi connectivity index (χ1n) is 9.01. The smallest absolute Gasteiger partial charge is 0.308 e. The van der Waals surface area contributed by atoms with Crippen molar-refractivity contribution in [2.75, 3.05) is 10.6 Å². The molecule has 2 aromatic carbocycles. The molecule has 3 amide bonds. The van der Waals surface area contributed by atoms with Gasteiger partial charge in [-0.3, -0.25) is 30.3 Å². The lowest BCUT2D eigenvalue weighted by Gasteiger charge is -2.04. The molecule has 0 spiro atoms. The normalized spacial score (nSPS) is 10.5. The minimum absolute atomic E-state index is 0.100. The summed E-state index contributed by atoms with van der Waals surface area (Å²) in [5.41, 5.74) is 2.84. The van der Waals surface area contributed by atoms with E-state index in [0.29, 0.717) is 16.3 Å². The largest absolute Gasteiger partial charge is 0.325 e. The first-order valence-corrected chi connectivity index (χ1v) is 9.83. The number of hydrazone groups is 1. The van der Waals surface area contributed by atoms with Crippen LogP contribution in [-0.2, 0) is 11.2 Å². The minimum Gasteiger partial charge on any atom is -0.308 e. The number of benzene rings is 2. The predicted octanol–water partition coefficient (Wildman–Crippen LogP) is 2.69. The van der Waals surface area contributed by atoms with Crippen molar-refractivity contribution in [3.8, 4) is 0 Å². The number of nitrogens with zero attached hydrogens (tertiary/aromatic N) is 5. The van der Waals surface area contributed by atoms with Gasteiger partial charge in [0.05, 0.1) is 22.5 Å². The van der Waals surface area contributed by atoms with Gasteiger partial charge in [0.2, 0.25) is 11.0 Å². The van der Waals surface area contributed by atoms with Crippen molar-refractivity contribution in [1.82, 2.24) is 15.6 Å². The Morgan fingerprint density at radius 3 is 2.42 bits per heavy atom. The average molecular weight is 470 g/mol. The lowest BCUT2D eigenvalue weighted by Crippen LogP contribution is -2.19. The van der Waals surface area contributed by atoms with Gasteiger partial charge in [-0.2, -0.15) is 5.10 Å². The molecule has 0 atom stereocenters. The number of non-ortho nitro benzene ring substituents is 2. The highest BCUT2D eigenvalue weighted by Gasteiger charge is 2.12. The number of rotatable bonds is 8. The second-order valence-corrected chi connectivity index (χ2v) is 7.27. The fraction of sp³-hybridized carbons (Fsp3) is 0.0556. The number of carbonyl (C=O) groups excluding carboxylic acids is 2. The van der Waals surface area contributed by atoms with Crippen molar-refractivity contribution in [3.05, 3.63) is 79.3 Å². The van der Waals surface area contributed by atoms with E-state index < -0.39 is 21.8 Å². The van der Waals surface area contributed by atoms with Gasteiger partial charge in [-0.1, -0.05) is 23.5 Å². The maximum atomic E-state index is 12.0. The summed E-state index contributed by atoms with van der Waals surface area (Å²) in [5.74, 6) is -0.505. The highest BCUT2D eigenvalue weighted by molar-refractivity contribution is 7.15. The van der Waals surface area contributed by atoms with E-state index in [0.717, 1.165) is 11.3 Å². The van der Waals surface area contributed by atoms with Crippen LogP contribution in [0.5, 0.6) is 0 Å². The molecule has 0 aliphatic rings. The Hall–Kier alpha value is -4.79. The fourth-order valence-electron chi connectivity index (χ4n) is 2.38. The van der Waals surface area contributed by atoms with E-state index in [4.69, 9.17) is 0 Å². The number of amides is 3. The Labute approximate surface area is 188 Å². The Balaban J connectivity index is 1.48. The quantitative estimate of drug-likeness (QED) is 0.254. The molecule has 1 aromatic heterocycles. The molecule has 3 N–H and O–H groups in total. The molecule has 3 aromatic rings. The maximum Gasteiger partial charge on any atom is 0.325 e. The summed E-state index contributed by atoms with van der Waals surface area (Å²) in [7, 11) is 0. The Kier molecular flexibility index (Phi) is 7.28. The number of hydrogen-bond donors (Lipinski definition) is 3. The maximum absolute atomic E-state index is 12.0. The van der Waals surface area contributed by atoms with Crippen LogP contribution in [0.15, 0.2) is 53.6 Å². The molecule has 0 aliphatic carbocycles. The molecule has 0 radical (unpaired) electrons. The molecule has 0 fully saturated rings. The van der Waals surface area contributed by atoms with E-state index in [1.165, 1.54) is 48.7 Å². The number of carbonyl (C=O) groups is 2. The second kappa shape index (κ2) is 10.5. The molecule has 1 heterocycles. The highest BCUT2D eigenvalue weighted by atomic mass is 32.1. The zero-order valence-electron chi connectivity index (χ0n) is 16.5. The monoisotopic (exact) mass is 470 g/mol. The lowest BCUT2D eigenvalue weighted by molar-refractivity contribution is -0.385. The molecule has 3 rings (SSSR count). The van der Waals surface area contributed by atoms with Crippen LogP contribution in [-0.4, -0.2) is 38.2 Å². The van der Waals surface area contributed by atoms with Crippen molar-refractivity contribution in [2.45, 2.75) is 6.42 Å². The Bertz CT molecular complexity index is 1230. The molecule has 33 heavy (non-hydrogen) atoms. The van der Waals surface area contributed by atoms with E-state index >= 15 is 0 Å². The number of urea groups is 1. The van der Waals surface area contributed by atoms with Gasteiger partial charge in [0.1, 0.15) is 5.01 Å². The minimum atomic E-state index is -0.641. The third kappa shape index (κ3) is 6.86. The topological polar surface area (TPSA) is 195 Å². The third-order valence-corrected chi connectivity index (χ3v) is 4.66. The number of hydrogen-bond acceptors (Lipinski definition) is 10. The summed E-state index contributed by atoms with van der Waals surface area (Å²) in [6.07, 6.45) is 1.11. The number of anilines is 2. The SMILES string of the molecule is O=C(Cc1nnc(NC(=O)Nc2ccc([N+](=O)[O-])cc2)s1)N/N=C\c1cccc([N+](=O)[O-])c1. The van der Waals surface area contributed by atoms with Gasteiger partial charge >= 0.3 is 6.03 Å². The number of nitro benzene ring substituents is 2. The second-order valence-electron chi connectivity index (χ2n) is 6.21. The van der Waals surface area contributed by atoms with Gasteiger partial charge in [-0.15, -0.1) is 10.2 Å². The van der Waals surface area contributed by atoms with E-state index in [1.54, 1.807) is 6.07 Å². The van der Waals surface area contributed by atoms with E-state index in [9.17, 15) is 29.8 Å². The molecule has 0 aliphatic heterocycles. The Morgan fingerprint density at radius 1 is 1.00 bits per heavy atom. The van der Waals surface area contributed by atoms with Crippen LogP contribution in [0.3, 0.4) is 0 Å². The molecular formula is C18H14N8O6S. The van der Waals surface area contributed by atoms with Gasteiger partial charge in [-0.05, 0) is 12.1 Å². The van der Waals surface area contributed by atoms with Crippen molar-refractivity contribution in [1.29, 1.82) is 0 Å². The number of aromatic nitrogens is 2. The van der Waals surface area contributed by atoms with Crippen molar-refractivity contribution in [3.63, 3.8) is 0 Å². The summed E-state index contributed by atoms with van der Waals surface area (Å²) in [5, 5.41) is 38.1. The van der Waals surface area contributed by atoms with Gasteiger partial charge in [0.15, 0.2) is 0 Å². The van der Waals surface area contributed by atoms with E-state index in [1.807, 2.05) is 0 Å². The van der Waals surface area contributed by atoms with Crippen molar-refractivity contribution in [2.24, 2.45) is 5.10 Å². The summed E-state index contributed by atoms with van der Waals surface area (Å²) in [6, 6.07) is 10.3. The van der Waals surface area contributed by atoms with Crippen LogP contribution in [0, 0.1) is 20.2 Å². The summed E-state index contributed by atoms with van der Waals surface area (Å²) in [6.45, 7) is 0. The first kappa shape index (κ1) is 22.9. The number of nitrogens with one attached hydrogen (secondary N) is 3. The third-order valence-electron chi connectivity index (χ3n) is 3.82. The molecule has 14 nitrogen and oxygen atoms in total. The highest BCUT2D eigenvalue weighted by Crippen LogP contribution is 2.18. The van der Waals surface area contributed by atoms with E-state index in [-0.39, 0.29) is 22.9 Å². The molecule has 15 heteroatoms. The summed E-state index contributed by atoms with van der Waals surface area (Å²) in [4.78, 5) is 44.3. The molecule has 0 unspecified atom stereocenters.